The van der Waals surface area contributed by atoms with Crippen LogP contribution in [0, 0.1) is 0 Å². The number of ether oxygens (including phenoxy) is 1. The fourth-order valence-corrected chi connectivity index (χ4v) is 4.61. The molecular weight excluding hydrogens is 442 g/mol. The van der Waals surface area contributed by atoms with E-state index in [2.05, 4.69) is 4.57 Å². The maximum absolute atomic E-state index is 13.2. The maximum Gasteiger partial charge on any atom is 0.193 e. The van der Waals surface area contributed by atoms with Gasteiger partial charge in [-0.2, -0.15) is 0 Å². The van der Waals surface area contributed by atoms with Crippen LogP contribution in [-0.2, 0) is 10.5 Å². The zero-order valence-electron chi connectivity index (χ0n) is 18.9. The molecule has 2 heterocycles. The Labute approximate surface area is 200 Å². The third-order valence-electron chi connectivity index (χ3n) is 6.58. The molecule has 1 aromatic heterocycles. The number of phenols is 2. The summed E-state index contributed by atoms with van der Waals surface area (Å²) in [6.45, 7) is 2.59. The van der Waals surface area contributed by atoms with E-state index in [0.717, 1.165) is 21.8 Å². The second kappa shape index (κ2) is 7.55. The van der Waals surface area contributed by atoms with Gasteiger partial charge >= 0.3 is 0 Å². The normalized spacial score (nSPS) is 17.1. The van der Waals surface area contributed by atoms with Crippen molar-refractivity contribution in [3.63, 3.8) is 0 Å². The third kappa shape index (κ3) is 3.47. The van der Waals surface area contributed by atoms with E-state index in [-0.39, 0.29) is 23.1 Å². The smallest absolute Gasteiger partial charge is 0.193 e. The molecule has 4 aromatic carbocycles. The van der Waals surface area contributed by atoms with Crippen LogP contribution < -0.4 is 0 Å². The minimum atomic E-state index is -0.481. The zero-order chi connectivity index (χ0) is 24.3. The number of benzene rings is 4. The lowest BCUT2D eigenvalue weighted by Crippen LogP contribution is -2.13. The van der Waals surface area contributed by atoms with Gasteiger partial charge in [0.15, 0.2) is 17.3 Å². The van der Waals surface area contributed by atoms with Crippen molar-refractivity contribution in [3.8, 4) is 11.5 Å². The van der Waals surface area contributed by atoms with Gasteiger partial charge in [0.1, 0.15) is 11.5 Å². The lowest BCUT2D eigenvalue weighted by atomic mass is 9.99. The van der Waals surface area contributed by atoms with Crippen molar-refractivity contribution < 1.29 is 24.5 Å². The number of nitrogens with zero attached hydrogens (tertiary/aromatic N) is 1. The van der Waals surface area contributed by atoms with Gasteiger partial charge in [-0.1, -0.05) is 0 Å². The van der Waals surface area contributed by atoms with Crippen molar-refractivity contribution in [2.75, 3.05) is 6.61 Å². The molecule has 1 unspecified atom stereocenters. The first kappa shape index (κ1) is 21.1. The van der Waals surface area contributed by atoms with E-state index < -0.39 is 5.72 Å². The number of hydrogen-bond acceptors (Lipinski definition) is 5. The van der Waals surface area contributed by atoms with Crippen LogP contribution >= 0.6 is 0 Å². The van der Waals surface area contributed by atoms with E-state index in [1.54, 1.807) is 36.4 Å². The van der Waals surface area contributed by atoms with E-state index in [4.69, 9.17) is 4.74 Å². The zero-order valence-corrected chi connectivity index (χ0v) is 18.9. The minimum Gasteiger partial charge on any atom is -0.508 e. The summed E-state index contributed by atoms with van der Waals surface area (Å²) >= 11 is 0. The van der Waals surface area contributed by atoms with Crippen LogP contribution in [0.2, 0.25) is 0 Å². The molecule has 0 radical (unpaired) electrons. The van der Waals surface area contributed by atoms with Gasteiger partial charge in [0, 0.05) is 33.0 Å². The maximum atomic E-state index is 13.2. The number of carbonyl (C=O) groups excluding carboxylic acids is 2. The molecule has 6 nitrogen and oxygen atoms in total. The van der Waals surface area contributed by atoms with Gasteiger partial charge < -0.3 is 19.5 Å². The van der Waals surface area contributed by atoms with Gasteiger partial charge in [-0.05, 0) is 91.9 Å². The average molecular weight is 463 g/mol. The molecular formula is C29H21NO5. The van der Waals surface area contributed by atoms with Crippen molar-refractivity contribution in [1.29, 1.82) is 0 Å². The fraction of sp³-hybridized carbons (Fsp3) is 0.103. The quantitative estimate of drug-likeness (QED) is 0.270. The number of hydrogen-bond donors (Lipinski definition) is 2. The van der Waals surface area contributed by atoms with Crippen molar-refractivity contribution in [3.05, 3.63) is 107 Å². The van der Waals surface area contributed by atoms with E-state index >= 15 is 0 Å². The summed E-state index contributed by atoms with van der Waals surface area (Å²) in [6, 6.07) is 23.5. The van der Waals surface area contributed by atoms with Crippen molar-refractivity contribution in [1.82, 2.24) is 4.57 Å². The molecule has 0 aliphatic carbocycles. The summed E-state index contributed by atoms with van der Waals surface area (Å²) in [6.07, 6.45) is 0. The monoisotopic (exact) mass is 463 g/mol. The molecule has 1 aliphatic rings. The Hall–Kier alpha value is -4.42. The number of carbonyl (C=O) groups is 2. The van der Waals surface area contributed by atoms with Gasteiger partial charge in [-0.3, -0.25) is 9.59 Å². The number of aromatic nitrogens is 1. The highest BCUT2D eigenvalue weighted by molar-refractivity contribution is 6.17. The average Bonchev–Trinajstić information content (AvgIpc) is 3.53. The first-order valence-corrected chi connectivity index (χ1v) is 11.2. The number of ketones is 2. The number of epoxide rings is 1. The Morgan fingerprint density at radius 3 is 1.43 bits per heavy atom. The summed E-state index contributed by atoms with van der Waals surface area (Å²) in [5.41, 5.74) is 3.33. The summed E-state index contributed by atoms with van der Waals surface area (Å²) < 4.78 is 7.87. The van der Waals surface area contributed by atoms with Crippen LogP contribution in [0.25, 0.3) is 21.8 Å². The largest absolute Gasteiger partial charge is 0.508 e. The van der Waals surface area contributed by atoms with E-state index in [1.807, 2.05) is 31.2 Å². The topological polar surface area (TPSA) is 92.1 Å². The summed E-state index contributed by atoms with van der Waals surface area (Å²) in [4.78, 5) is 26.3. The van der Waals surface area contributed by atoms with Gasteiger partial charge in [0.05, 0.1) is 17.6 Å². The second-order valence-electron chi connectivity index (χ2n) is 9.01. The van der Waals surface area contributed by atoms with Crippen LogP contribution in [0.3, 0.4) is 0 Å². The number of aromatic hydroxyl groups is 2. The molecule has 1 saturated heterocycles. The molecule has 0 bridgehead atoms. The van der Waals surface area contributed by atoms with E-state index in [9.17, 15) is 19.8 Å². The fourth-order valence-electron chi connectivity index (χ4n) is 4.61. The lowest BCUT2D eigenvalue weighted by Gasteiger charge is -2.12. The highest BCUT2D eigenvalue weighted by atomic mass is 16.6. The van der Waals surface area contributed by atoms with Crippen molar-refractivity contribution in [2.45, 2.75) is 12.6 Å². The first-order valence-electron chi connectivity index (χ1n) is 11.2. The summed E-state index contributed by atoms with van der Waals surface area (Å²) in [7, 11) is 0. The van der Waals surface area contributed by atoms with Crippen LogP contribution in [0.1, 0.15) is 38.8 Å². The predicted octanol–water partition coefficient (Wildman–Crippen LogP) is 5.37. The molecule has 6 heteroatoms. The Kier molecular flexibility index (Phi) is 4.56. The van der Waals surface area contributed by atoms with Crippen LogP contribution in [-0.4, -0.2) is 33.0 Å². The Morgan fingerprint density at radius 2 is 1.06 bits per heavy atom. The molecule has 0 spiro atoms. The van der Waals surface area contributed by atoms with Crippen LogP contribution in [0.15, 0.2) is 84.9 Å². The number of fused-ring (bicyclic) bond motifs is 3. The molecule has 1 atom stereocenters. The van der Waals surface area contributed by atoms with Crippen LogP contribution in [0.5, 0.6) is 11.5 Å². The summed E-state index contributed by atoms with van der Waals surface area (Å²) in [5.74, 6) is -0.108. The molecule has 2 N–H and O–H groups in total. The van der Waals surface area contributed by atoms with Gasteiger partial charge in [-0.25, -0.2) is 0 Å². The van der Waals surface area contributed by atoms with Gasteiger partial charge in [0.2, 0.25) is 0 Å². The third-order valence-corrected chi connectivity index (χ3v) is 6.58. The van der Waals surface area contributed by atoms with E-state index in [0.29, 0.717) is 28.9 Å². The molecule has 35 heavy (non-hydrogen) atoms. The van der Waals surface area contributed by atoms with Gasteiger partial charge in [0.25, 0.3) is 0 Å². The molecule has 1 aliphatic heterocycles. The SMILES string of the molecule is CC1(n2c3ccc(C(=O)c4ccc(O)cc4)cc3c3cc(C(=O)c4ccc(O)cc4)ccc32)CO1. The first-order chi connectivity index (χ1) is 16.8. The number of rotatable bonds is 5. The number of phenolic OH excluding ortho intramolecular Hbond substituents is 2. The van der Waals surface area contributed by atoms with Gasteiger partial charge in [-0.15, -0.1) is 0 Å². The highest BCUT2D eigenvalue weighted by Crippen LogP contribution is 2.42. The molecule has 0 amide bonds. The second-order valence-corrected chi connectivity index (χ2v) is 9.01. The predicted molar refractivity (Wildman–Crippen MR) is 132 cm³/mol. The van der Waals surface area contributed by atoms with Crippen LogP contribution in [0.4, 0.5) is 0 Å². The molecule has 172 valence electrons. The Bertz CT molecular complexity index is 1530. The Morgan fingerprint density at radius 1 is 0.686 bits per heavy atom. The summed E-state index contributed by atoms with van der Waals surface area (Å²) in [5, 5.41) is 20.8. The molecule has 5 aromatic rings. The van der Waals surface area contributed by atoms with Crippen molar-refractivity contribution in [2.24, 2.45) is 0 Å². The minimum absolute atomic E-state index is 0.101. The van der Waals surface area contributed by atoms with E-state index in [1.165, 1.54) is 24.3 Å². The van der Waals surface area contributed by atoms with Crippen molar-refractivity contribution >= 4 is 33.4 Å². The molecule has 0 saturated carbocycles. The molecule has 6 rings (SSSR count). The lowest BCUT2D eigenvalue weighted by molar-refractivity contribution is 0.103. The standard InChI is InChI=1S/C29H21NO5/c1-29(16-35-29)30-25-12-6-19(27(33)17-2-8-21(31)9-3-17)14-23(25)24-15-20(7-13-26(24)30)28(34)18-4-10-22(32)11-5-18/h2-15,31-32H,16H2,1H3. The Balaban J connectivity index is 1.52. The molecule has 1 fully saturated rings. The highest BCUT2D eigenvalue weighted by Gasteiger charge is 2.43.